The Labute approximate surface area is 180 Å². The highest BCUT2D eigenvalue weighted by molar-refractivity contribution is 5.84. The van der Waals surface area contributed by atoms with Crippen LogP contribution in [0.4, 0.5) is 11.5 Å². The van der Waals surface area contributed by atoms with Crippen LogP contribution in [-0.4, -0.2) is 35.9 Å². The van der Waals surface area contributed by atoms with E-state index in [9.17, 15) is 5.11 Å². The molecule has 3 heterocycles. The molecule has 0 fully saturated rings. The number of nitrogens with zero attached hydrogens (tertiary/aromatic N) is 5. The number of aliphatic hydroxyl groups is 1. The molecule has 0 aliphatic heterocycles. The largest absolute Gasteiger partial charge is 0.395 e. The molecule has 0 atom stereocenters. The van der Waals surface area contributed by atoms with Crippen LogP contribution in [0.15, 0.2) is 67.3 Å². The fourth-order valence-electron chi connectivity index (χ4n) is 3.69. The smallest absolute Gasteiger partial charge is 0.180 e. The Morgan fingerprint density at radius 1 is 1.10 bits per heavy atom. The van der Waals surface area contributed by atoms with Crippen molar-refractivity contribution in [2.24, 2.45) is 7.05 Å². The second-order valence-electron chi connectivity index (χ2n) is 8.42. The Bertz CT molecular complexity index is 1380. The number of benzene rings is 2. The van der Waals surface area contributed by atoms with Crippen LogP contribution in [0.2, 0.25) is 0 Å². The minimum Gasteiger partial charge on any atom is -0.395 e. The van der Waals surface area contributed by atoms with E-state index in [1.165, 1.54) is 0 Å². The van der Waals surface area contributed by atoms with Gasteiger partial charge in [-0.1, -0.05) is 38.1 Å². The summed E-state index contributed by atoms with van der Waals surface area (Å²) in [6.07, 6.45) is 7.53. The molecule has 5 aromatic rings. The van der Waals surface area contributed by atoms with E-state index in [2.05, 4.69) is 33.6 Å². The highest BCUT2D eigenvalue weighted by Crippen LogP contribution is 2.28. The van der Waals surface area contributed by atoms with E-state index in [1.807, 2.05) is 72.8 Å². The second kappa shape index (κ2) is 7.21. The Kier molecular flexibility index (Phi) is 4.48. The summed E-state index contributed by atoms with van der Waals surface area (Å²) in [6.45, 7) is 4.14. The van der Waals surface area contributed by atoms with Crippen molar-refractivity contribution in [3.8, 4) is 11.3 Å². The molecule has 0 aliphatic rings. The molecule has 0 spiro atoms. The Morgan fingerprint density at radius 2 is 1.90 bits per heavy atom. The summed E-state index contributed by atoms with van der Waals surface area (Å²) in [4.78, 5) is 9.35. The van der Waals surface area contributed by atoms with E-state index < -0.39 is 0 Å². The van der Waals surface area contributed by atoms with Crippen LogP contribution in [0.25, 0.3) is 27.8 Å². The summed E-state index contributed by atoms with van der Waals surface area (Å²) in [5.74, 6) is 0.682. The number of hydrogen-bond acceptors (Lipinski definition) is 5. The molecule has 7 nitrogen and oxygen atoms in total. The van der Waals surface area contributed by atoms with Gasteiger partial charge in [-0.15, -0.1) is 0 Å². The van der Waals surface area contributed by atoms with Gasteiger partial charge in [0.15, 0.2) is 11.5 Å². The number of aromatic nitrogens is 5. The predicted molar refractivity (Wildman–Crippen MR) is 123 cm³/mol. The molecule has 156 valence electrons. The maximum absolute atomic E-state index is 9.61. The van der Waals surface area contributed by atoms with Crippen molar-refractivity contribution in [1.29, 1.82) is 0 Å². The molecule has 31 heavy (non-hydrogen) atoms. The lowest BCUT2D eigenvalue weighted by atomic mass is 9.85. The first kappa shape index (κ1) is 19.3. The zero-order chi connectivity index (χ0) is 21.6. The van der Waals surface area contributed by atoms with Gasteiger partial charge in [-0.2, -0.15) is 5.10 Å². The van der Waals surface area contributed by atoms with Crippen molar-refractivity contribution >= 4 is 28.1 Å². The number of aryl methyl sites for hydroxylation is 1. The first-order chi connectivity index (χ1) is 14.9. The third kappa shape index (κ3) is 3.43. The third-order valence-electron chi connectivity index (χ3n) is 5.74. The number of imidazole rings is 1. The van der Waals surface area contributed by atoms with Crippen molar-refractivity contribution in [2.45, 2.75) is 19.3 Å². The number of nitrogens with one attached hydrogen (secondary N) is 1. The number of rotatable bonds is 5. The molecule has 3 aromatic heterocycles. The molecule has 0 amide bonds. The zero-order valence-electron chi connectivity index (χ0n) is 17.7. The van der Waals surface area contributed by atoms with E-state index in [0.717, 1.165) is 39.1 Å². The summed E-state index contributed by atoms with van der Waals surface area (Å²) in [6, 6.07) is 14.3. The molecular formula is C24H24N6O. The van der Waals surface area contributed by atoms with Crippen molar-refractivity contribution in [1.82, 2.24) is 24.1 Å². The van der Waals surface area contributed by atoms with Crippen LogP contribution in [0.3, 0.4) is 0 Å². The zero-order valence-corrected chi connectivity index (χ0v) is 17.7. The van der Waals surface area contributed by atoms with E-state index in [4.69, 9.17) is 4.98 Å². The van der Waals surface area contributed by atoms with E-state index in [-0.39, 0.29) is 12.0 Å². The number of hydrogen-bond donors (Lipinski definition) is 2. The van der Waals surface area contributed by atoms with Gasteiger partial charge < -0.3 is 14.8 Å². The molecule has 7 heteroatoms. The minimum atomic E-state index is -0.280. The standard InChI is InChI=1S/C24H24N6O/c1-24(2,15-31)18-6-8-19(9-7-18)27-22-23-25-10-11-30(23)14-20(28-22)16-4-5-17-13-26-29(3)21(17)12-16/h4-14,31H,15H2,1-3H3,(H,27,28). The fourth-order valence-corrected chi connectivity index (χ4v) is 3.69. The SMILES string of the molecule is Cn1ncc2ccc(-c3cn4ccnc4c(Nc4ccc(C(C)(C)CO)cc4)n3)cc21. The van der Waals surface area contributed by atoms with E-state index in [1.54, 1.807) is 6.20 Å². The van der Waals surface area contributed by atoms with Crippen molar-refractivity contribution < 1.29 is 5.11 Å². The molecular weight excluding hydrogens is 388 g/mol. The Hall–Kier alpha value is -3.71. The van der Waals surface area contributed by atoms with E-state index >= 15 is 0 Å². The number of aliphatic hydroxyl groups excluding tert-OH is 1. The van der Waals surface area contributed by atoms with Crippen LogP contribution in [0.1, 0.15) is 19.4 Å². The quantitative estimate of drug-likeness (QED) is 0.450. The molecule has 2 N–H and O–H groups in total. The highest BCUT2D eigenvalue weighted by atomic mass is 16.3. The van der Waals surface area contributed by atoms with Gasteiger partial charge in [0, 0.05) is 47.7 Å². The van der Waals surface area contributed by atoms with Gasteiger partial charge in [0.05, 0.1) is 24.0 Å². The van der Waals surface area contributed by atoms with Gasteiger partial charge in [-0.25, -0.2) is 9.97 Å². The Balaban J connectivity index is 1.54. The summed E-state index contributed by atoms with van der Waals surface area (Å²) < 4.78 is 3.84. The molecule has 0 radical (unpaired) electrons. The monoisotopic (exact) mass is 412 g/mol. The van der Waals surface area contributed by atoms with Crippen LogP contribution in [0, 0.1) is 0 Å². The van der Waals surface area contributed by atoms with Crippen molar-refractivity contribution in [2.75, 3.05) is 11.9 Å². The lowest BCUT2D eigenvalue weighted by Crippen LogP contribution is -2.21. The summed E-state index contributed by atoms with van der Waals surface area (Å²) >= 11 is 0. The maximum Gasteiger partial charge on any atom is 0.180 e. The molecule has 2 aromatic carbocycles. The topological polar surface area (TPSA) is 80.3 Å². The Morgan fingerprint density at radius 3 is 2.68 bits per heavy atom. The van der Waals surface area contributed by atoms with Gasteiger partial charge in [-0.3, -0.25) is 4.68 Å². The molecule has 5 rings (SSSR count). The van der Waals surface area contributed by atoms with E-state index in [0.29, 0.717) is 5.82 Å². The first-order valence-electron chi connectivity index (χ1n) is 10.2. The number of fused-ring (bicyclic) bond motifs is 2. The first-order valence-corrected chi connectivity index (χ1v) is 10.2. The molecule has 0 saturated carbocycles. The molecule has 0 bridgehead atoms. The van der Waals surface area contributed by atoms with Crippen LogP contribution >= 0.6 is 0 Å². The minimum absolute atomic E-state index is 0.0963. The van der Waals surface area contributed by atoms with Crippen LogP contribution < -0.4 is 5.32 Å². The van der Waals surface area contributed by atoms with Crippen LogP contribution in [0.5, 0.6) is 0 Å². The van der Waals surface area contributed by atoms with Gasteiger partial charge in [0.2, 0.25) is 0 Å². The summed E-state index contributed by atoms with van der Waals surface area (Å²) in [7, 11) is 1.94. The van der Waals surface area contributed by atoms with Gasteiger partial charge in [0.1, 0.15) is 0 Å². The van der Waals surface area contributed by atoms with Gasteiger partial charge >= 0.3 is 0 Å². The average molecular weight is 412 g/mol. The maximum atomic E-state index is 9.61. The molecule has 0 unspecified atom stereocenters. The lowest BCUT2D eigenvalue weighted by Gasteiger charge is -2.22. The predicted octanol–water partition coefficient (Wildman–Crippen LogP) is 4.30. The summed E-state index contributed by atoms with van der Waals surface area (Å²) in [5.41, 5.74) is 5.37. The fraction of sp³-hybridized carbons (Fsp3) is 0.208. The van der Waals surface area contributed by atoms with Crippen LogP contribution in [-0.2, 0) is 12.5 Å². The van der Waals surface area contributed by atoms with Crippen molar-refractivity contribution in [3.05, 3.63) is 72.8 Å². The third-order valence-corrected chi connectivity index (χ3v) is 5.74. The molecule has 0 aliphatic carbocycles. The van der Waals surface area contributed by atoms with Gasteiger partial charge in [0.25, 0.3) is 0 Å². The van der Waals surface area contributed by atoms with Crippen molar-refractivity contribution in [3.63, 3.8) is 0 Å². The molecule has 0 saturated heterocycles. The number of anilines is 2. The lowest BCUT2D eigenvalue weighted by molar-refractivity contribution is 0.218. The van der Waals surface area contributed by atoms with Gasteiger partial charge in [-0.05, 0) is 23.8 Å². The summed E-state index contributed by atoms with van der Waals surface area (Å²) in [5, 5.41) is 18.4. The average Bonchev–Trinajstić information content (AvgIpc) is 3.41. The second-order valence-corrected chi connectivity index (χ2v) is 8.42. The highest BCUT2D eigenvalue weighted by Gasteiger charge is 2.19. The normalized spacial score (nSPS) is 12.0.